The van der Waals surface area contributed by atoms with Crippen LogP contribution in [0.3, 0.4) is 0 Å². The Hall–Kier alpha value is -0.710. The van der Waals surface area contributed by atoms with E-state index in [2.05, 4.69) is 0 Å². The number of hydrogen-bond donors (Lipinski definition) is 1. The first-order chi connectivity index (χ1) is 6.29. The van der Waals surface area contributed by atoms with Gasteiger partial charge < -0.3 is 5.11 Å². The van der Waals surface area contributed by atoms with E-state index in [0.29, 0.717) is 13.1 Å². The van der Waals surface area contributed by atoms with Gasteiger partial charge in [-0.05, 0) is 11.8 Å². The lowest BCUT2D eigenvalue weighted by molar-refractivity contribution is -0.172. The molecule has 0 unspecified atom stereocenters. The van der Waals surface area contributed by atoms with Gasteiger partial charge in [-0.2, -0.15) is 8.78 Å². The second-order valence-electron chi connectivity index (χ2n) is 4.32. The van der Waals surface area contributed by atoms with Crippen molar-refractivity contribution in [2.75, 3.05) is 19.6 Å². The Morgan fingerprint density at radius 3 is 2.43 bits per heavy atom. The number of carboxylic acid groups (broad SMARTS) is 1. The number of hydrogen-bond acceptors (Lipinski definition) is 2. The summed E-state index contributed by atoms with van der Waals surface area (Å²) >= 11 is 0. The number of likely N-dealkylation sites (tertiary alicyclic amines) is 1. The molecule has 3 nitrogen and oxygen atoms in total. The zero-order valence-corrected chi connectivity index (χ0v) is 8.39. The Bertz CT molecular complexity index is 237. The smallest absolute Gasteiger partial charge is 0.375 e. The van der Waals surface area contributed by atoms with Gasteiger partial charge in [0.2, 0.25) is 0 Å². The first-order valence-electron chi connectivity index (χ1n) is 4.63. The lowest BCUT2D eigenvalue weighted by Gasteiger charge is -2.48. The van der Waals surface area contributed by atoms with Crippen LogP contribution in [0.4, 0.5) is 8.78 Å². The molecule has 0 spiro atoms. The van der Waals surface area contributed by atoms with Crippen LogP contribution >= 0.6 is 0 Å². The molecule has 5 heteroatoms. The number of nitrogens with zero attached hydrogens (tertiary/aromatic N) is 1. The van der Waals surface area contributed by atoms with E-state index >= 15 is 0 Å². The third-order valence-corrected chi connectivity index (χ3v) is 2.80. The molecule has 0 bridgehead atoms. The molecule has 0 aromatic heterocycles. The van der Waals surface area contributed by atoms with E-state index in [1.54, 1.807) is 0 Å². The zero-order chi connectivity index (χ0) is 11.0. The van der Waals surface area contributed by atoms with Crippen LogP contribution in [0.25, 0.3) is 0 Å². The number of aliphatic carboxylic acids is 1. The fourth-order valence-corrected chi connectivity index (χ4v) is 1.72. The molecule has 14 heavy (non-hydrogen) atoms. The van der Waals surface area contributed by atoms with Crippen molar-refractivity contribution in [3.63, 3.8) is 0 Å². The second kappa shape index (κ2) is 3.46. The molecule has 0 atom stereocenters. The van der Waals surface area contributed by atoms with Gasteiger partial charge in [0.05, 0.1) is 6.54 Å². The topological polar surface area (TPSA) is 40.5 Å². The fraction of sp³-hybridized carbons (Fsp3) is 0.889. The Morgan fingerprint density at radius 1 is 1.57 bits per heavy atom. The minimum absolute atomic E-state index is 0.0918. The van der Waals surface area contributed by atoms with Crippen LogP contribution < -0.4 is 0 Å². The molecule has 0 aromatic rings. The van der Waals surface area contributed by atoms with Gasteiger partial charge in [0.15, 0.2) is 0 Å². The highest BCUT2D eigenvalue weighted by Gasteiger charge is 2.46. The van der Waals surface area contributed by atoms with Crippen molar-refractivity contribution in [2.24, 2.45) is 5.41 Å². The van der Waals surface area contributed by atoms with E-state index in [1.807, 2.05) is 13.8 Å². The quantitative estimate of drug-likeness (QED) is 0.758. The van der Waals surface area contributed by atoms with E-state index in [4.69, 9.17) is 5.11 Å². The summed E-state index contributed by atoms with van der Waals surface area (Å²) in [5.41, 5.74) is 0.0918. The molecule has 0 aliphatic carbocycles. The maximum Gasteiger partial charge on any atom is 0.375 e. The molecule has 0 saturated carbocycles. The highest BCUT2D eigenvalue weighted by atomic mass is 19.3. The minimum Gasteiger partial charge on any atom is -0.477 e. The van der Waals surface area contributed by atoms with Gasteiger partial charge in [0.25, 0.3) is 0 Å². The standard InChI is InChI=1S/C9H15F2NO2/c1-3-8(2)4-12(5-8)6-9(10,11)7(13)14/h3-6H2,1-2H3,(H,13,14). The first kappa shape index (κ1) is 11.4. The minimum atomic E-state index is -3.62. The van der Waals surface area contributed by atoms with Crippen LogP contribution in [0.15, 0.2) is 0 Å². The maximum atomic E-state index is 12.7. The number of carbonyl (C=O) groups is 1. The Balaban J connectivity index is 2.40. The monoisotopic (exact) mass is 207 g/mol. The molecule has 0 amide bonds. The van der Waals surface area contributed by atoms with E-state index in [9.17, 15) is 13.6 Å². The highest BCUT2D eigenvalue weighted by molar-refractivity contribution is 5.75. The molecule has 1 fully saturated rings. The van der Waals surface area contributed by atoms with Crippen molar-refractivity contribution in [3.05, 3.63) is 0 Å². The molecule has 1 saturated heterocycles. The average molecular weight is 207 g/mol. The number of rotatable bonds is 4. The van der Waals surface area contributed by atoms with Crippen LogP contribution in [0, 0.1) is 5.41 Å². The summed E-state index contributed by atoms with van der Waals surface area (Å²) in [4.78, 5) is 11.6. The fourth-order valence-electron chi connectivity index (χ4n) is 1.72. The van der Waals surface area contributed by atoms with E-state index in [0.717, 1.165) is 6.42 Å². The third kappa shape index (κ3) is 2.20. The first-order valence-corrected chi connectivity index (χ1v) is 4.63. The van der Waals surface area contributed by atoms with E-state index in [-0.39, 0.29) is 5.41 Å². The summed E-state index contributed by atoms with van der Waals surface area (Å²) in [6.07, 6.45) is 0.933. The van der Waals surface area contributed by atoms with Crippen molar-refractivity contribution in [1.82, 2.24) is 4.90 Å². The van der Waals surface area contributed by atoms with Gasteiger partial charge in [-0.15, -0.1) is 0 Å². The predicted molar refractivity (Wildman–Crippen MR) is 47.4 cm³/mol. The molecule has 1 N–H and O–H groups in total. The zero-order valence-electron chi connectivity index (χ0n) is 8.39. The average Bonchev–Trinajstić information content (AvgIpc) is 2.00. The van der Waals surface area contributed by atoms with Gasteiger partial charge in [0.1, 0.15) is 0 Å². The Morgan fingerprint density at radius 2 is 2.07 bits per heavy atom. The summed E-state index contributed by atoms with van der Waals surface area (Å²) in [7, 11) is 0. The van der Waals surface area contributed by atoms with Crippen LogP contribution in [0.1, 0.15) is 20.3 Å². The van der Waals surface area contributed by atoms with Crippen molar-refractivity contribution in [1.29, 1.82) is 0 Å². The Kier molecular flexibility index (Phi) is 2.81. The highest BCUT2D eigenvalue weighted by Crippen LogP contribution is 2.34. The number of alkyl halides is 2. The molecule has 82 valence electrons. The number of halogens is 2. The molecular weight excluding hydrogens is 192 g/mol. The van der Waals surface area contributed by atoms with Crippen molar-refractivity contribution >= 4 is 5.97 Å². The van der Waals surface area contributed by atoms with Crippen LogP contribution in [-0.4, -0.2) is 41.5 Å². The normalized spacial score (nSPS) is 21.7. The molecule has 1 aliphatic rings. The summed E-state index contributed by atoms with van der Waals surface area (Å²) in [5, 5.41) is 8.22. The molecule has 1 heterocycles. The summed E-state index contributed by atoms with van der Waals surface area (Å²) in [5.74, 6) is -5.66. The maximum absolute atomic E-state index is 12.7. The number of carboxylic acids is 1. The van der Waals surface area contributed by atoms with Crippen molar-refractivity contribution in [2.45, 2.75) is 26.2 Å². The summed E-state index contributed by atoms with van der Waals surface area (Å²) in [6.45, 7) is 4.48. The predicted octanol–water partition coefficient (Wildman–Crippen LogP) is 1.44. The third-order valence-electron chi connectivity index (χ3n) is 2.80. The van der Waals surface area contributed by atoms with Gasteiger partial charge >= 0.3 is 11.9 Å². The van der Waals surface area contributed by atoms with Gasteiger partial charge in [-0.3, -0.25) is 4.90 Å². The molecular formula is C9H15F2NO2. The van der Waals surface area contributed by atoms with E-state index < -0.39 is 18.4 Å². The molecule has 1 rings (SSSR count). The van der Waals surface area contributed by atoms with Gasteiger partial charge in [-0.25, -0.2) is 4.79 Å². The lowest BCUT2D eigenvalue weighted by atomic mass is 9.79. The molecule has 0 radical (unpaired) electrons. The van der Waals surface area contributed by atoms with Crippen molar-refractivity contribution in [3.8, 4) is 0 Å². The van der Waals surface area contributed by atoms with Gasteiger partial charge in [-0.1, -0.05) is 13.8 Å². The lowest BCUT2D eigenvalue weighted by Crippen LogP contribution is -2.58. The summed E-state index contributed by atoms with van der Waals surface area (Å²) in [6, 6.07) is 0. The SMILES string of the molecule is CCC1(C)CN(CC(F)(F)C(=O)O)C1. The van der Waals surface area contributed by atoms with Crippen LogP contribution in [-0.2, 0) is 4.79 Å². The second-order valence-corrected chi connectivity index (χ2v) is 4.32. The van der Waals surface area contributed by atoms with Crippen LogP contribution in [0.2, 0.25) is 0 Å². The van der Waals surface area contributed by atoms with E-state index in [1.165, 1.54) is 4.90 Å². The Labute approximate surface area is 81.7 Å². The van der Waals surface area contributed by atoms with Gasteiger partial charge in [0, 0.05) is 13.1 Å². The summed E-state index contributed by atoms with van der Waals surface area (Å²) < 4.78 is 25.5. The molecule has 0 aromatic carbocycles. The largest absolute Gasteiger partial charge is 0.477 e. The molecule has 1 aliphatic heterocycles. The van der Waals surface area contributed by atoms with Crippen LogP contribution in [0.5, 0.6) is 0 Å². The van der Waals surface area contributed by atoms with Crippen molar-refractivity contribution < 1.29 is 18.7 Å².